The predicted molar refractivity (Wildman–Crippen MR) is 281 cm³/mol. The van der Waals surface area contributed by atoms with Gasteiger partial charge in [0.25, 0.3) is 0 Å². The second-order valence-electron chi connectivity index (χ2n) is 18.2. The zero-order valence-electron chi connectivity index (χ0n) is 44.2. The van der Waals surface area contributed by atoms with E-state index < -0.39 is 99.6 Å². The Morgan fingerprint density at radius 2 is 0.421 bits per heavy atom. The number of methoxy groups -OCH3 is 4. The second kappa shape index (κ2) is 32.0. The SMILES string of the molecule is COCCN1CC(=O)N(Cc2ccccc2)CC(=O)N(CCOC)CC(=O)N(Cc2ccccc2)CC(=O)N(CCOC)CC(=O)N(Cc2ccccc2)CC(=O)N(CCOC)CC(=O)N(Cc2ccccc2)CC1=O. The molecule has 0 spiro atoms. The molecule has 1 fully saturated rings. The number of benzene rings is 4. The molecule has 4 aromatic rings. The molecule has 0 N–H and O–H groups in total. The third kappa shape index (κ3) is 19.6. The van der Waals surface area contributed by atoms with E-state index in [2.05, 4.69) is 0 Å². The Bertz CT molecular complexity index is 2130. The van der Waals surface area contributed by atoms with Crippen LogP contribution in [-0.4, -0.2) is 220 Å². The van der Waals surface area contributed by atoms with Crippen molar-refractivity contribution in [3.63, 3.8) is 0 Å². The summed E-state index contributed by atoms with van der Waals surface area (Å²) >= 11 is 0. The van der Waals surface area contributed by atoms with Gasteiger partial charge in [-0.15, -0.1) is 0 Å². The van der Waals surface area contributed by atoms with Crippen LogP contribution in [-0.2, 0) is 83.5 Å². The maximum Gasteiger partial charge on any atom is 0.242 e. The topological polar surface area (TPSA) is 199 Å². The minimum Gasteiger partial charge on any atom is -0.383 e. The lowest BCUT2D eigenvalue weighted by molar-refractivity contribution is -0.151. The van der Waals surface area contributed by atoms with Crippen molar-refractivity contribution in [1.29, 1.82) is 0 Å². The van der Waals surface area contributed by atoms with Crippen LogP contribution >= 0.6 is 0 Å². The molecule has 0 saturated carbocycles. The van der Waals surface area contributed by atoms with E-state index in [1.807, 2.05) is 24.3 Å². The lowest BCUT2D eigenvalue weighted by Gasteiger charge is -2.33. The molecule has 20 heteroatoms. The van der Waals surface area contributed by atoms with Crippen LogP contribution in [0.1, 0.15) is 22.3 Å². The first-order valence-corrected chi connectivity index (χ1v) is 25.2. The van der Waals surface area contributed by atoms with Crippen LogP contribution in [0, 0.1) is 0 Å². The minimum absolute atomic E-state index is 0.0276. The van der Waals surface area contributed by atoms with Crippen molar-refractivity contribution in [2.24, 2.45) is 0 Å². The third-order valence-electron chi connectivity index (χ3n) is 12.6. The van der Waals surface area contributed by atoms with Crippen LogP contribution in [0.3, 0.4) is 0 Å². The summed E-state index contributed by atoms with van der Waals surface area (Å²) in [7, 11) is 5.79. The van der Waals surface area contributed by atoms with Crippen molar-refractivity contribution in [2.45, 2.75) is 26.2 Å². The van der Waals surface area contributed by atoms with Gasteiger partial charge in [-0.3, -0.25) is 38.4 Å². The highest BCUT2D eigenvalue weighted by Gasteiger charge is 2.32. The Kier molecular flexibility index (Phi) is 25.0. The van der Waals surface area contributed by atoms with Crippen LogP contribution in [0.5, 0.6) is 0 Å². The molecular formula is C56H72N8O12. The molecule has 0 radical (unpaired) electrons. The zero-order chi connectivity index (χ0) is 54.7. The van der Waals surface area contributed by atoms with Crippen LogP contribution in [0.15, 0.2) is 121 Å². The molecule has 408 valence electrons. The average molecular weight is 1050 g/mol. The summed E-state index contributed by atoms with van der Waals surface area (Å²) in [6, 6.07) is 35.9. The first-order valence-electron chi connectivity index (χ1n) is 25.2. The highest BCUT2D eigenvalue weighted by Crippen LogP contribution is 2.14. The molecule has 4 aromatic carbocycles. The molecule has 1 saturated heterocycles. The highest BCUT2D eigenvalue weighted by molar-refractivity contribution is 5.94. The summed E-state index contributed by atoms with van der Waals surface area (Å²) in [5.74, 6) is -4.85. The zero-order valence-corrected chi connectivity index (χ0v) is 44.2. The Morgan fingerprint density at radius 3 is 0.592 bits per heavy atom. The number of nitrogens with zero attached hydrogens (tertiary/aromatic N) is 8. The van der Waals surface area contributed by atoms with E-state index in [0.29, 0.717) is 22.3 Å². The van der Waals surface area contributed by atoms with Gasteiger partial charge in [0.2, 0.25) is 47.3 Å². The number of rotatable bonds is 20. The maximum atomic E-state index is 14.7. The Labute approximate surface area is 445 Å². The van der Waals surface area contributed by atoms with Gasteiger partial charge in [0, 0.05) is 80.8 Å². The molecule has 1 aliphatic rings. The largest absolute Gasteiger partial charge is 0.383 e. The average Bonchev–Trinajstić information content (AvgIpc) is 3.43. The van der Waals surface area contributed by atoms with Gasteiger partial charge in [-0.25, -0.2) is 0 Å². The summed E-state index contributed by atoms with van der Waals surface area (Å²) in [6.45, 7) is -4.36. The van der Waals surface area contributed by atoms with Gasteiger partial charge in [0.1, 0.15) is 26.2 Å². The third-order valence-corrected chi connectivity index (χ3v) is 12.6. The Balaban J connectivity index is 1.62. The van der Waals surface area contributed by atoms with Gasteiger partial charge in [-0.05, 0) is 22.3 Å². The summed E-state index contributed by atoms with van der Waals surface area (Å²) in [4.78, 5) is 127. The van der Waals surface area contributed by atoms with Crippen LogP contribution in [0.2, 0.25) is 0 Å². The maximum absolute atomic E-state index is 14.7. The number of amides is 8. The lowest BCUT2D eigenvalue weighted by atomic mass is 10.2. The second-order valence-corrected chi connectivity index (χ2v) is 18.2. The van der Waals surface area contributed by atoms with Crippen molar-refractivity contribution >= 4 is 47.3 Å². The van der Waals surface area contributed by atoms with E-state index in [0.717, 1.165) is 0 Å². The molecular weight excluding hydrogens is 977 g/mol. The standard InChI is InChI=1S/C56H72N8O12/c1-73-29-25-57-37-53(69)62(34-46-19-11-6-12-20-46)42-50(66)59(27-31-75-3)39-55(71)64(36-48-23-15-8-16-24-48)44-52(68)60(28-32-76-4)40-56(72)63(35-47-21-13-7-14-22-47)43-51(67)58(26-30-74-2)38-54(70)61(41-49(57)65)33-45-17-9-5-10-18-45/h5-24H,25-44H2,1-4H3. The van der Waals surface area contributed by atoms with Gasteiger partial charge in [-0.1, -0.05) is 121 Å². The molecule has 1 aliphatic heterocycles. The number of ether oxygens (including phenoxy) is 4. The van der Waals surface area contributed by atoms with Crippen LogP contribution in [0.25, 0.3) is 0 Å². The molecule has 0 aromatic heterocycles. The van der Waals surface area contributed by atoms with Crippen molar-refractivity contribution in [2.75, 3.05) is 133 Å². The normalized spacial score (nSPS) is 16.1. The van der Waals surface area contributed by atoms with Crippen LogP contribution in [0.4, 0.5) is 0 Å². The molecule has 76 heavy (non-hydrogen) atoms. The number of carbonyl (C=O) groups excluding carboxylic acids is 8. The summed E-state index contributed by atoms with van der Waals surface area (Å²) in [5.41, 5.74) is 2.74. The monoisotopic (exact) mass is 1050 g/mol. The molecule has 0 aliphatic carbocycles. The Morgan fingerprint density at radius 1 is 0.263 bits per heavy atom. The molecule has 20 nitrogen and oxygen atoms in total. The smallest absolute Gasteiger partial charge is 0.242 e. The number of carbonyl (C=O) groups is 8. The van der Waals surface area contributed by atoms with Gasteiger partial charge in [0.05, 0.1) is 52.6 Å². The lowest BCUT2D eigenvalue weighted by Crippen LogP contribution is -2.53. The fourth-order valence-electron chi connectivity index (χ4n) is 8.22. The minimum atomic E-state index is -0.608. The quantitative estimate of drug-likeness (QED) is 0.125. The molecule has 1 heterocycles. The van der Waals surface area contributed by atoms with E-state index in [9.17, 15) is 38.4 Å². The van der Waals surface area contributed by atoms with Gasteiger partial charge >= 0.3 is 0 Å². The van der Waals surface area contributed by atoms with Crippen molar-refractivity contribution < 1.29 is 57.3 Å². The van der Waals surface area contributed by atoms with E-state index in [-0.39, 0.29) is 78.8 Å². The van der Waals surface area contributed by atoms with Crippen LogP contribution < -0.4 is 0 Å². The molecule has 8 amide bonds. The van der Waals surface area contributed by atoms with Gasteiger partial charge in [-0.2, -0.15) is 0 Å². The van der Waals surface area contributed by atoms with Crippen molar-refractivity contribution in [3.05, 3.63) is 144 Å². The van der Waals surface area contributed by atoms with Gasteiger partial charge < -0.3 is 58.1 Å². The van der Waals surface area contributed by atoms with E-state index in [1.165, 1.54) is 67.6 Å². The number of hydrogen-bond donors (Lipinski definition) is 0. The van der Waals surface area contributed by atoms with E-state index in [1.54, 1.807) is 97.1 Å². The molecule has 5 rings (SSSR count). The first kappa shape index (κ1) is 59.4. The van der Waals surface area contributed by atoms with E-state index in [4.69, 9.17) is 18.9 Å². The fourth-order valence-corrected chi connectivity index (χ4v) is 8.22. The summed E-state index contributed by atoms with van der Waals surface area (Å²) in [6.07, 6.45) is 0. The molecule has 0 atom stereocenters. The fraction of sp³-hybridized carbons (Fsp3) is 0.429. The van der Waals surface area contributed by atoms with Gasteiger partial charge in [0.15, 0.2) is 0 Å². The van der Waals surface area contributed by atoms with Crippen molar-refractivity contribution in [3.8, 4) is 0 Å². The predicted octanol–water partition coefficient (Wildman–Crippen LogP) is 2.02. The molecule has 0 unspecified atom stereocenters. The first-order chi connectivity index (χ1) is 36.8. The van der Waals surface area contributed by atoms with E-state index >= 15 is 0 Å². The molecule has 0 bridgehead atoms. The summed E-state index contributed by atoms with van der Waals surface area (Å²) < 4.78 is 21.5. The Hall–Kier alpha value is -7.52. The highest BCUT2D eigenvalue weighted by atomic mass is 16.5. The van der Waals surface area contributed by atoms with Crippen molar-refractivity contribution in [1.82, 2.24) is 39.2 Å². The summed E-state index contributed by atoms with van der Waals surface area (Å²) in [5, 5.41) is 0. The number of hydrogen-bond acceptors (Lipinski definition) is 12.